The zero-order valence-corrected chi connectivity index (χ0v) is 8.86. The minimum absolute atomic E-state index is 0.227. The lowest BCUT2D eigenvalue weighted by Crippen LogP contribution is -2.15. The van der Waals surface area contributed by atoms with Crippen LogP contribution < -0.4 is 0 Å². The van der Waals surface area contributed by atoms with Crippen LogP contribution in [0.4, 0.5) is 8.78 Å². The van der Waals surface area contributed by atoms with E-state index in [0.29, 0.717) is 12.8 Å². The molecular weight excluding hydrogens is 214 g/mol. The maximum absolute atomic E-state index is 13.9. The maximum atomic E-state index is 13.9. The number of fused-ring (bicyclic) bond motifs is 1. The summed E-state index contributed by atoms with van der Waals surface area (Å²) in [5, 5.41) is 2.34. The lowest BCUT2D eigenvalue weighted by atomic mass is 10.0. The second-order valence-electron chi connectivity index (χ2n) is 4.04. The standard InChI is InChI=1S/C12H10F2S/c13-12(14,8-5-6-8)10-7-15-11-4-2-1-3-9(10)11/h1-4,7-8H,5-6H2. The van der Waals surface area contributed by atoms with E-state index < -0.39 is 11.8 Å². The van der Waals surface area contributed by atoms with E-state index in [-0.39, 0.29) is 5.56 Å². The summed E-state index contributed by atoms with van der Waals surface area (Å²) in [4.78, 5) is 0. The minimum atomic E-state index is -2.63. The zero-order valence-electron chi connectivity index (χ0n) is 8.04. The molecule has 1 aromatic heterocycles. The summed E-state index contributed by atoms with van der Waals surface area (Å²) in [6.07, 6.45) is 1.33. The maximum Gasteiger partial charge on any atom is 0.277 e. The molecule has 0 atom stereocenters. The Balaban J connectivity index is 2.18. The highest BCUT2D eigenvalue weighted by Crippen LogP contribution is 2.52. The van der Waals surface area contributed by atoms with Crippen molar-refractivity contribution in [1.82, 2.24) is 0 Å². The van der Waals surface area contributed by atoms with Crippen LogP contribution in [0, 0.1) is 5.92 Å². The number of alkyl halides is 2. The van der Waals surface area contributed by atoms with Crippen molar-refractivity contribution in [2.24, 2.45) is 5.92 Å². The molecule has 1 heterocycles. The van der Waals surface area contributed by atoms with Crippen LogP contribution in [-0.2, 0) is 5.92 Å². The van der Waals surface area contributed by atoms with Crippen molar-refractivity contribution in [3.63, 3.8) is 0 Å². The summed E-state index contributed by atoms with van der Waals surface area (Å²) in [5.74, 6) is -3.05. The average molecular weight is 224 g/mol. The first kappa shape index (κ1) is 9.28. The van der Waals surface area contributed by atoms with Crippen LogP contribution >= 0.6 is 11.3 Å². The van der Waals surface area contributed by atoms with Gasteiger partial charge in [0.2, 0.25) is 0 Å². The fourth-order valence-corrected chi connectivity index (χ4v) is 2.89. The molecule has 3 rings (SSSR count). The molecule has 0 saturated heterocycles. The Morgan fingerprint density at radius 2 is 1.93 bits per heavy atom. The topological polar surface area (TPSA) is 0 Å². The van der Waals surface area contributed by atoms with E-state index in [1.807, 2.05) is 18.2 Å². The Hall–Kier alpha value is -0.960. The number of thiophene rings is 1. The summed E-state index contributed by atoms with van der Waals surface area (Å²) >= 11 is 1.41. The molecule has 0 aliphatic heterocycles. The summed E-state index contributed by atoms with van der Waals surface area (Å²) in [7, 11) is 0. The summed E-state index contributed by atoms with van der Waals surface area (Å²) in [6.45, 7) is 0. The minimum Gasteiger partial charge on any atom is -0.201 e. The molecule has 15 heavy (non-hydrogen) atoms. The number of hydrogen-bond acceptors (Lipinski definition) is 1. The van der Waals surface area contributed by atoms with Crippen LogP contribution in [0.3, 0.4) is 0 Å². The second kappa shape index (κ2) is 3.01. The van der Waals surface area contributed by atoms with Gasteiger partial charge in [0.25, 0.3) is 5.92 Å². The molecule has 0 unspecified atom stereocenters. The van der Waals surface area contributed by atoms with E-state index in [1.54, 1.807) is 11.4 Å². The van der Waals surface area contributed by atoms with Gasteiger partial charge in [0, 0.05) is 26.9 Å². The van der Waals surface area contributed by atoms with Gasteiger partial charge in [0.1, 0.15) is 0 Å². The van der Waals surface area contributed by atoms with Crippen molar-refractivity contribution < 1.29 is 8.78 Å². The third-order valence-electron chi connectivity index (χ3n) is 2.93. The predicted octanol–water partition coefficient (Wildman–Crippen LogP) is 4.40. The molecule has 78 valence electrons. The van der Waals surface area contributed by atoms with E-state index in [2.05, 4.69) is 0 Å². The largest absolute Gasteiger partial charge is 0.277 e. The summed E-state index contributed by atoms with van der Waals surface area (Å²) in [6, 6.07) is 7.39. The quantitative estimate of drug-likeness (QED) is 0.709. The molecule has 0 bridgehead atoms. The highest BCUT2D eigenvalue weighted by Gasteiger charge is 2.48. The first-order valence-corrected chi connectivity index (χ1v) is 5.92. The van der Waals surface area contributed by atoms with Gasteiger partial charge in [0.05, 0.1) is 0 Å². The molecule has 1 fully saturated rings. The Morgan fingerprint density at radius 3 is 2.67 bits per heavy atom. The molecule has 0 nitrogen and oxygen atoms in total. The molecule has 0 amide bonds. The fourth-order valence-electron chi connectivity index (χ4n) is 1.90. The third-order valence-corrected chi connectivity index (χ3v) is 3.89. The zero-order chi connectivity index (χ0) is 10.5. The van der Waals surface area contributed by atoms with E-state index in [4.69, 9.17) is 0 Å². The van der Waals surface area contributed by atoms with Crippen LogP contribution in [0.1, 0.15) is 18.4 Å². The predicted molar refractivity (Wildman–Crippen MR) is 58.4 cm³/mol. The summed E-state index contributed by atoms with van der Waals surface area (Å²) < 4.78 is 28.8. The number of hydrogen-bond donors (Lipinski definition) is 0. The molecule has 1 aromatic carbocycles. The van der Waals surface area contributed by atoms with E-state index in [9.17, 15) is 8.78 Å². The van der Waals surface area contributed by atoms with E-state index in [0.717, 1.165) is 10.1 Å². The molecule has 3 heteroatoms. The molecule has 0 N–H and O–H groups in total. The smallest absolute Gasteiger partial charge is 0.201 e. The van der Waals surface area contributed by atoms with Gasteiger partial charge in [-0.15, -0.1) is 11.3 Å². The van der Waals surface area contributed by atoms with Crippen LogP contribution in [0.5, 0.6) is 0 Å². The first-order chi connectivity index (χ1) is 7.19. The van der Waals surface area contributed by atoms with Gasteiger partial charge < -0.3 is 0 Å². The van der Waals surface area contributed by atoms with Crippen molar-refractivity contribution >= 4 is 21.4 Å². The van der Waals surface area contributed by atoms with Crippen molar-refractivity contribution in [3.05, 3.63) is 35.2 Å². The van der Waals surface area contributed by atoms with E-state index >= 15 is 0 Å². The molecule has 1 saturated carbocycles. The highest BCUT2D eigenvalue weighted by molar-refractivity contribution is 7.17. The molecule has 2 aromatic rings. The average Bonchev–Trinajstić information content (AvgIpc) is 2.98. The molecule has 0 spiro atoms. The number of halogens is 2. The SMILES string of the molecule is FC(F)(c1csc2ccccc12)C1CC1. The monoisotopic (exact) mass is 224 g/mol. The van der Waals surface area contributed by atoms with E-state index in [1.165, 1.54) is 11.3 Å². The second-order valence-corrected chi connectivity index (χ2v) is 4.95. The van der Waals surface area contributed by atoms with Crippen molar-refractivity contribution in [3.8, 4) is 0 Å². The molecular formula is C12H10F2S. The highest BCUT2D eigenvalue weighted by atomic mass is 32.1. The Bertz CT molecular complexity index is 497. The van der Waals surface area contributed by atoms with Crippen LogP contribution in [0.15, 0.2) is 29.6 Å². The Kier molecular flexibility index (Phi) is 1.87. The fraction of sp³-hybridized carbons (Fsp3) is 0.333. The van der Waals surface area contributed by atoms with Gasteiger partial charge in [-0.05, 0) is 18.9 Å². The lowest BCUT2D eigenvalue weighted by molar-refractivity contribution is -0.0266. The molecule has 1 aliphatic carbocycles. The van der Waals surface area contributed by atoms with Gasteiger partial charge in [-0.3, -0.25) is 0 Å². The van der Waals surface area contributed by atoms with Gasteiger partial charge in [-0.2, -0.15) is 0 Å². The van der Waals surface area contributed by atoms with Gasteiger partial charge in [-0.1, -0.05) is 18.2 Å². The number of benzene rings is 1. The Labute approximate surface area is 90.5 Å². The van der Waals surface area contributed by atoms with Gasteiger partial charge in [-0.25, -0.2) is 8.78 Å². The lowest BCUT2D eigenvalue weighted by Gasteiger charge is -2.14. The first-order valence-electron chi connectivity index (χ1n) is 5.04. The van der Waals surface area contributed by atoms with Gasteiger partial charge in [0.15, 0.2) is 0 Å². The molecule has 0 radical (unpaired) electrons. The summed E-state index contributed by atoms with van der Waals surface area (Å²) in [5.41, 5.74) is 0.227. The van der Waals surface area contributed by atoms with Crippen LogP contribution in [-0.4, -0.2) is 0 Å². The number of rotatable bonds is 2. The van der Waals surface area contributed by atoms with Crippen molar-refractivity contribution in [1.29, 1.82) is 0 Å². The van der Waals surface area contributed by atoms with Crippen LogP contribution in [0.25, 0.3) is 10.1 Å². The van der Waals surface area contributed by atoms with Crippen molar-refractivity contribution in [2.45, 2.75) is 18.8 Å². The molecule has 1 aliphatic rings. The Morgan fingerprint density at radius 1 is 1.20 bits per heavy atom. The van der Waals surface area contributed by atoms with Gasteiger partial charge >= 0.3 is 0 Å². The van der Waals surface area contributed by atoms with Crippen molar-refractivity contribution in [2.75, 3.05) is 0 Å². The normalized spacial score (nSPS) is 17.2. The van der Waals surface area contributed by atoms with Crippen LogP contribution in [0.2, 0.25) is 0 Å². The third kappa shape index (κ3) is 1.37.